The van der Waals surface area contributed by atoms with Crippen LogP contribution in [0.2, 0.25) is 5.02 Å². The fraction of sp³-hybridized carbons (Fsp3) is 0.188. The summed E-state index contributed by atoms with van der Waals surface area (Å²) >= 11 is 6.08. The summed E-state index contributed by atoms with van der Waals surface area (Å²) in [6.45, 7) is 0. The van der Waals surface area contributed by atoms with Crippen molar-refractivity contribution in [2.75, 3.05) is 0 Å². The summed E-state index contributed by atoms with van der Waals surface area (Å²) in [6.07, 6.45) is 1.72. The van der Waals surface area contributed by atoms with Crippen LogP contribution in [0.1, 0.15) is 35.4 Å². The van der Waals surface area contributed by atoms with Crippen LogP contribution in [0.15, 0.2) is 53.7 Å². The summed E-state index contributed by atoms with van der Waals surface area (Å²) in [5, 5.41) is 13.3. The lowest BCUT2D eigenvalue weighted by molar-refractivity contribution is 0.317. The maximum atomic E-state index is 9.11. The van der Waals surface area contributed by atoms with Gasteiger partial charge in [0.15, 0.2) is 0 Å². The number of fused-ring (bicyclic) bond motifs is 1. The van der Waals surface area contributed by atoms with Gasteiger partial charge in [-0.05, 0) is 36.1 Å². The molecule has 1 N–H and O–H groups in total. The summed E-state index contributed by atoms with van der Waals surface area (Å²) in [5.41, 5.74) is 4.25. The minimum Gasteiger partial charge on any atom is -0.411 e. The summed E-state index contributed by atoms with van der Waals surface area (Å²) in [7, 11) is 0. The van der Waals surface area contributed by atoms with Gasteiger partial charge in [-0.3, -0.25) is 0 Å². The molecule has 3 rings (SSSR count). The quantitative estimate of drug-likeness (QED) is 0.603. The molecule has 0 unspecified atom stereocenters. The number of benzene rings is 2. The number of halogens is 1. The summed E-state index contributed by atoms with van der Waals surface area (Å²) < 4.78 is 0. The molecule has 0 saturated heterocycles. The van der Waals surface area contributed by atoms with Crippen molar-refractivity contribution in [3.05, 3.63) is 70.2 Å². The van der Waals surface area contributed by atoms with E-state index in [2.05, 4.69) is 17.3 Å². The molecule has 0 aliphatic heterocycles. The van der Waals surface area contributed by atoms with Gasteiger partial charge in [-0.2, -0.15) is 0 Å². The highest BCUT2D eigenvalue weighted by Crippen LogP contribution is 2.37. The number of hydrogen-bond donors (Lipinski definition) is 1. The van der Waals surface area contributed by atoms with Crippen molar-refractivity contribution >= 4 is 17.3 Å². The van der Waals surface area contributed by atoms with Crippen LogP contribution in [0, 0.1) is 0 Å². The first-order valence-corrected chi connectivity index (χ1v) is 6.73. The molecule has 2 nitrogen and oxygen atoms in total. The first-order valence-electron chi connectivity index (χ1n) is 6.35. The van der Waals surface area contributed by atoms with Crippen LogP contribution in [0.5, 0.6) is 0 Å². The Balaban J connectivity index is 2.10. The molecule has 0 spiro atoms. The molecule has 0 saturated carbocycles. The first kappa shape index (κ1) is 12.2. The second kappa shape index (κ2) is 5.06. The third kappa shape index (κ3) is 2.24. The fourth-order valence-corrected chi connectivity index (χ4v) is 3.01. The maximum Gasteiger partial charge on any atom is 0.0871 e. The average Bonchev–Trinajstić information content (AvgIpc) is 2.46. The molecule has 0 radical (unpaired) electrons. The standard InChI is InChI=1S/C16H14ClNO/c17-12-5-3-4-11(10-12)13-8-9-16(18-19)15-7-2-1-6-14(13)15/h1-7,10,13,19H,8-9H2/b18-16-/t13-/m0/s1. The monoisotopic (exact) mass is 271 g/mol. The van der Waals surface area contributed by atoms with Gasteiger partial charge in [-0.15, -0.1) is 0 Å². The van der Waals surface area contributed by atoms with Gasteiger partial charge in [0.2, 0.25) is 0 Å². The van der Waals surface area contributed by atoms with E-state index in [1.807, 2.05) is 36.4 Å². The van der Waals surface area contributed by atoms with E-state index in [0.717, 1.165) is 29.1 Å². The molecule has 0 fully saturated rings. The van der Waals surface area contributed by atoms with Crippen LogP contribution in [-0.4, -0.2) is 10.9 Å². The Morgan fingerprint density at radius 3 is 2.74 bits per heavy atom. The van der Waals surface area contributed by atoms with E-state index in [1.165, 1.54) is 11.1 Å². The first-order chi connectivity index (χ1) is 9.29. The highest BCUT2D eigenvalue weighted by Gasteiger charge is 2.25. The van der Waals surface area contributed by atoms with Crippen molar-refractivity contribution in [1.29, 1.82) is 0 Å². The van der Waals surface area contributed by atoms with Gasteiger partial charge < -0.3 is 5.21 Å². The lowest BCUT2D eigenvalue weighted by atomic mass is 9.78. The predicted molar refractivity (Wildman–Crippen MR) is 77.3 cm³/mol. The average molecular weight is 272 g/mol. The summed E-state index contributed by atoms with van der Waals surface area (Å²) in [4.78, 5) is 0. The lowest BCUT2D eigenvalue weighted by Crippen LogP contribution is -2.17. The van der Waals surface area contributed by atoms with Crippen molar-refractivity contribution in [1.82, 2.24) is 0 Å². The van der Waals surface area contributed by atoms with Gasteiger partial charge >= 0.3 is 0 Å². The third-order valence-electron chi connectivity index (χ3n) is 3.69. The van der Waals surface area contributed by atoms with Crippen molar-refractivity contribution < 1.29 is 5.21 Å². The SMILES string of the molecule is O/N=C1/CC[C@@H](c2cccc(Cl)c2)c2ccccc21. The Labute approximate surface area is 117 Å². The Bertz CT molecular complexity index is 636. The number of hydrogen-bond acceptors (Lipinski definition) is 2. The van der Waals surface area contributed by atoms with Crippen LogP contribution < -0.4 is 0 Å². The van der Waals surface area contributed by atoms with Crippen LogP contribution in [0.3, 0.4) is 0 Å². The molecule has 96 valence electrons. The van der Waals surface area contributed by atoms with E-state index < -0.39 is 0 Å². The predicted octanol–water partition coefficient (Wildman–Crippen LogP) is 4.44. The Morgan fingerprint density at radius 2 is 1.95 bits per heavy atom. The number of nitrogens with zero attached hydrogens (tertiary/aromatic N) is 1. The van der Waals surface area contributed by atoms with Crippen LogP contribution >= 0.6 is 11.6 Å². The maximum absolute atomic E-state index is 9.11. The summed E-state index contributed by atoms with van der Waals surface area (Å²) in [6, 6.07) is 16.1. The van der Waals surface area contributed by atoms with E-state index >= 15 is 0 Å². The minimum atomic E-state index is 0.320. The largest absolute Gasteiger partial charge is 0.411 e. The fourth-order valence-electron chi connectivity index (χ4n) is 2.81. The molecule has 2 aromatic rings. The van der Waals surface area contributed by atoms with E-state index in [0.29, 0.717) is 5.92 Å². The number of oxime groups is 1. The second-order valence-electron chi connectivity index (χ2n) is 4.78. The molecule has 1 aliphatic rings. The third-order valence-corrected chi connectivity index (χ3v) is 3.92. The molecule has 2 aromatic carbocycles. The molecule has 0 amide bonds. The lowest BCUT2D eigenvalue weighted by Gasteiger charge is -2.26. The second-order valence-corrected chi connectivity index (χ2v) is 5.22. The zero-order chi connectivity index (χ0) is 13.2. The molecule has 19 heavy (non-hydrogen) atoms. The van der Waals surface area contributed by atoms with E-state index in [9.17, 15) is 0 Å². The van der Waals surface area contributed by atoms with Crippen LogP contribution in [-0.2, 0) is 0 Å². The smallest absolute Gasteiger partial charge is 0.0871 e. The highest BCUT2D eigenvalue weighted by atomic mass is 35.5. The van der Waals surface area contributed by atoms with Gasteiger partial charge in [0.1, 0.15) is 0 Å². The van der Waals surface area contributed by atoms with Crippen LogP contribution in [0.25, 0.3) is 0 Å². The molecule has 0 heterocycles. The van der Waals surface area contributed by atoms with Gasteiger partial charge in [0.05, 0.1) is 5.71 Å². The van der Waals surface area contributed by atoms with Gasteiger partial charge in [0, 0.05) is 16.5 Å². The molecular formula is C16H14ClNO. The van der Waals surface area contributed by atoms with Gasteiger partial charge in [-0.25, -0.2) is 0 Å². The zero-order valence-electron chi connectivity index (χ0n) is 10.4. The van der Waals surface area contributed by atoms with Crippen LogP contribution in [0.4, 0.5) is 0 Å². The highest BCUT2D eigenvalue weighted by molar-refractivity contribution is 6.30. The normalized spacial score (nSPS) is 20.3. The molecule has 0 bridgehead atoms. The van der Waals surface area contributed by atoms with E-state index in [4.69, 9.17) is 16.8 Å². The van der Waals surface area contributed by atoms with Crippen molar-refractivity contribution in [2.24, 2.45) is 5.16 Å². The van der Waals surface area contributed by atoms with Crippen molar-refractivity contribution in [3.8, 4) is 0 Å². The van der Waals surface area contributed by atoms with E-state index in [-0.39, 0.29) is 0 Å². The van der Waals surface area contributed by atoms with Gasteiger partial charge in [0.25, 0.3) is 0 Å². The number of rotatable bonds is 1. The zero-order valence-corrected chi connectivity index (χ0v) is 11.1. The topological polar surface area (TPSA) is 32.6 Å². The molecule has 0 aromatic heterocycles. The summed E-state index contributed by atoms with van der Waals surface area (Å²) in [5.74, 6) is 0.320. The Morgan fingerprint density at radius 1 is 1.11 bits per heavy atom. The molecule has 3 heteroatoms. The Hall–Kier alpha value is -1.80. The van der Waals surface area contributed by atoms with Crippen molar-refractivity contribution in [3.63, 3.8) is 0 Å². The molecular weight excluding hydrogens is 258 g/mol. The Kier molecular flexibility index (Phi) is 3.26. The minimum absolute atomic E-state index is 0.320. The van der Waals surface area contributed by atoms with Crippen molar-refractivity contribution in [2.45, 2.75) is 18.8 Å². The van der Waals surface area contributed by atoms with Gasteiger partial charge in [-0.1, -0.05) is 53.2 Å². The molecule has 1 atom stereocenters. The molecule has 1 aliphatic carbocycles. The van der Waals surface area contributed by atoms with E-state index in [1.54, 1.807) is 0 Å².